The molecule has 10 aromatic rings. The zero-order chi connectivity index (χ0) is 36.7. The second-order valence-electron chi connectivity index (χ2n) is 14.2. The maximum atomic E-state index is 4.89. The van der Waals surface area contributed by atoms with E-state index < -0.39 is 0 Å². The van der Waals surface area contributed by atoms with Crippen molar-refractivity contribution >= 4 is 32.6 Å². The topological polar surface area (TPSA) is 17.8 Å². The molecule has 0 aliphatic rings. The summed E-state index contributed by atoms with van der Waals surface area (Å²) in [4.78, 5) is 4.89. The van der Waals surface area contributed by atoms with Crippen molar-refractivity contribution in [1.82, 2.24) is 9.55 Å². The number of imidazole rings is 1. The van der Waals surface area contributed by atoms with Gasteiger partial charge in [-0.1, -0.05) is 177 Å². The molecule has 0 aliphatic carbocycles. The van der Waals surface area contributed by atoms with Gasteiger partial charge < -0.3 is 0 Å². The van der Waals surface area contributed by atoms with Crippen LogP contribution in [0.5, 0.6) is 0 Å². The highest BCUT2D eigenvalue weighted by molar-refractivity contribution is 6.22. The molecule has 0 radical (unpaired) electrons. The number of hydrogen-bond donors (Lipinski definition) is 0. The lowest BCUT2D eigenvalue weighted by molar-refractivity contribution is 0.908. The summed E-state index contributed by atoms with van der Waals surface area (Å²) in [7, 11) is 0. The van der Waals surface area contributed by atoms with Gasteiger partial charge in [0.2, 0.25) is 0 Å². The molecule has 1 aromatic heterocycles. The largest absolute Gasteiger partial charge is 0.296 e. The Balaban J connectivity index is 1.10. The van der Waals surface area contributed by atoms with Crippen LogP contribution in [0.15, 0.2) is 200 Å². The molecule has 0 N–H and O–H groups in total. The molecular weight excluding hydrogens is 665 g/mol. The van der Waals surface area contributed by atoms with Crippen LogP contribution in [-0.2, 0) is 6.42 Å². The molecule has 10 rings (SSSR count). The van der Waals surface area contributed by atoms with Crippen LogP contribution < -0.4 is 0 Å². The second-order valence-corrected chi connectivity index (χ2v) is 14.2. The average molecular weight is 703 g/mol. The van der Waals surface area contributed by atoms with Crippen LogP contribution in [0.2, 0.25) is 0 Å². The number of aromatic nitrogens is 2. The maximum absolute atomic E-state index is 4.89. The first kappa shape index (κ1) is 32.6. The van der Waals surface area contributed by atoms with Crippen molar-refractivity contribution in [3.05, 3.63) is 206 Å². The molecular formula is C53H38N2. The molecule has 0 bridgehead atoms. The second kappa shape index (κ2) is 13.7. The summed E-state index contributed by atoms with van der Waals surface area (Å²) in [5.74, 6) is 1.07. The molecule has 0 atom stereocenters. The van der Waals surface area contributed by atoms with Crippen molar-refractivity contribution in [2.75, 3.05) is 0 Å². The Kier molecular flexibility index (Phi) is 8.15. The summed E-state index contributed by atoms with van der Waals surface area (Å²) in [5, 5.41) is 5.00. The number of nitrogens with zero attached hydrogens (tertiary/aromatic N) is 2. The Hall–Kier alpha value is -7.03. The van der Waals surface area contributed by atoms with Gasteiger partial charge in [-0.05, 0) is 108 Å². The molecule has 260 valence electrons. The van der Waals surface area contributed by atoms with E-state index in [2.05, 4.69) is 212 Å². The lowest BCUT2D eigenvalue weighted by Crippen LogP contribution is -1.99. The van der Waals surface area contributed by atoms with Crippen LogP contribution in [0.3, 0.4) is 0 Å². The van der Waals surface area contributed by atoms with E-state index in [1.54, 1.807) is 0 Å². The fourth-order valence-electron chi connectivity index (χ4n) is 8.30. The summed E-state index contributed by atoms with van der Waals surface area (Å²) in [6.07, 6.45) is 0.871. The minimum Gasteiger partial charge on any atom is -0.296 e. The number of rotatable bonds is 7. The third kappa shape index (κ3) is 5.80. The smallest absolute Gasteiger partial charge is 0.114 e. The van der Waals surface area contributed by atoms with Crippen molar-refractivity contribution in [2.24, 2.45) is 0 Å². The lowest BCUT2D eigenvalue weighted by Gasteiger charge is -2.19. The van der Waals surface area contributed by atoms with Crippen LogP contribution in [0.25, 0.3) is 93.9 Å². The Bertz CT molecular complexity index is 2960. The highest BCUT2D eigenvalue weighted by Crippen LogP contribution is 2.45. The fraction of sp³-hybridized carbons (Fsp3) is 0.0377. The Labute approximate surface area is 321 Å². The first-order chi connectivity index (χ1) is 27.2. The highest BCUT2D eigenvalue weighted by atomic mass is 15.1. The molecule has 0 amide bonds. The zero-order valence-electron chi connectivity index (χ0n) is 30.7. The lowest BCUT2D eigenvalue weighted by atomic mass is 9.84. The number of para-hydroxylation sites is 2. The Morgan fingerprint density at radius 2 is 0.782 bits per heavy atom. The number of fused-ring (bicyclic) bond motifs is 3. The minimum atomic E-state index is 0.871. The summed E-state index contributed by atoms with van der Waals surface area (Å²) < 4.78 is 2.28. The van der Waals surface area contributed by atoms with E-state index in [-0.39, 0.29) is 0 Å². The van der Waals surface area contributed by atoms with Crippen molar-refractivity contribution in [2.45, 2.75) is 13.3 Å². The van der Waals surface area contributed by atoms with Gasteiger partial charge in [-0.25, -0.2) is 4.98 Å². The van der Waals surface area contributed by atoms with Gasteiger partial charge in [0.25, 0.3) is 0 Å². The molecule has 55 heavy (non-hydrogen) atoms. The first-order valence-corrected chi connectivity index (χ1v) is 19.1. The molecule has 0 spiro atoms. The van der Waals surface area contributed by atoms with Crippen molar-refractivity contribution in [3.63, 3.8) is 0 Å². The summed E-state index contributed by atoms with van der Waals surface area (Å²) >= 11 is 0. The van der Waals surface area contributed by atoms with Gasteiger partial charge in [0.05, 0.1) is 11.0 Å². The standard InChI is InChI=1S/C53H38N2/c1-2-51-54-49-19-11-12-20-50(49)55(51)44-32-29-40(30-33-44)39-23-27-42(28-24-39)53-46-18-10-9-17-45(46)52(41-25-21-38(22-26-41)36-13-5-3-6-14-36)47-34-31-43(35-48(47)53)37-15-7-4-8-16-37/h3-35H,2H2,1H3. The molecule has 0 saturated heterocycles. The van der Waals surface area contributed by atoms with Crippen molar-refractivity contribution < 1.29 is 0 Å². The van der Waals surface area contributed by atoms with Gasteiger partial charge in [0, 0.05) is 12.1 Å². The fourth-order valence-corrected chi connectivity index (χ4v) is 8.30. The molecule has 2 heteroatoms. The van der Waals surface area contributed by atoms with Crippen molar-refractivity contribution in [3.8, 4) is 61.3 Å². The monoisotopic (exact) mass is 702 g/mol. The summed E-state index contributed by atoms with van der Waals surface area (Å²) in [6, 6.07) is 72.7. The maximum Gasteiger partial charge on any atom is 0.114 e. The third-order valence-corrected chi connectivity index (χ3v) is 11.0. The first-order valence-electron chi connectivity index (χ1n) is 19.1. The van der Waals surface area contributed by atoms with Crippen LogP contribution in [0, 0.1) is 0 Å². The molecule has 0 aliphatic heterocycles. The van der Waals surface area contributed by atoms with Crippen LogP contribution in [-0.4, -0.2) is 9.55 Å². The van der Waals surface area contributed by atoms with E-state index in [4.69, 9.17) is 4.98 Å². The van der Waals surface area contributed by atoms with Gasteiger partial charge in [-0.15, -0.1) is 0 Å². The SMILES string of the molecule is CCc1nc2ccccc2n1-c1ccc(-c2ccc(-c3c4ccccc4c(-c4ccc(-c5ccccc5)cc4)c4ccc(-c5ccccc5)cc34)cc2)cc1. The third-order valence-electron chi connectivity index (χ3n) is 11.0. The highest BCUT2D eigenvalue weighted by Gasteiger charge is 2.18. The van der Waals surface area contributed by atoms with Gasteiger partial charge in [0.1, 0.15) is 5.82 Å². The molecule has 1 heterocycles. The zero-order valence-corrected chi connectivity index (χ0v) is 30.7. The van der Waals surface area contributed by atoms with Gasteiger partial charge in [-0.2, -0.15) is 0 Å². The molecule has 9 aromatic carbocycles. The van der Waals surface area contributed by atoms with E-state index in [1.165, 1.54) is 77.2 Å². The minimum absolute atomic E-state index is 0.871. The van der Waals surface area contributed by atoms with E-state index >= 15 is 0 Å². The molecule has 0 fully saturated rings. The van der Waals surface area contributed by atoms with Crippen molar-refractivity contribution in [1.29, 1.82) is 0 Å². The number of hydrogen-bond acceptors (Lipinski definition) is 1. The van der Waals surface area contributed by atoms with Crippen LogP contribution >= 0.6 is 0 Å². The van der Waals surface area contributed by atoms with E-state index in [1.807, 2.05) is 0 Å². The van der Waals surface area contributed by atoms with Gasteiger partial charge in [-0.3, -0.25) is 4.57 Å². The van der Waals surface area contributed by atoms with E-state index in [9.17, 15) is 0 Å². The number of benzene rings is 9. The Morgan fingerprint density at radius 1 is 0.364 bits per heavy atom. The van der Waals surface area contributed by atoms with E-state index in [0.29, 0.717) is 0 Å². The quantitative estimate of drug-likeness (QED) is 0.151. The van der Waals surface area contributed by atoms with E-state index in [0.717, 1.165) is 29.0 Å². The number of aryl methyl sites for hydroxylation is 1. The molecule has 0 unspecified atom stereocenters. The van der Waals surface area contributed by atoms with Crippen LogP contribution in [0.4, 0.5) is 0 Å². The summed E-state index contributed by atoms with van der Waals surface area (Å²) in [6.45, 7) is 2.17. The van der Waals surface area contributed by atoms with Crippen LogP contribution in [0.1, 0.15) is 12.7 Å². The molecule has 2 nitrogen and oxygen atoms in total. The predicted molar refractivity (Wildman–Crippen MR) is 233 cm³/mol. The molecule has 0 saturated carbocycles. The Morgan fingerprint density at radius 3 is 1.36 bits per heavy atom. The predicted octanol–water partition coefficient (Wildman–Crippen LogP) is 14.2. The van der Waals surface area contributed by atoms with Gasteiger partial charge >= 0.3 is 0 Å². The van der Waals surface area contributed by atoms with Gasteiger partial charge in [0.15, 0.2) is 0 Å². The average Bonchev–Trinajstić information content (AvgIpc) is 3.65. The summed E-state index contributed by atoms with van der Waals surface area (Å²) in [5.41, 5.74) is 15.5. The normalized spacial score (nSPS) is 11.4.